The molecule has 1 unspecified atom stereocenters. The number of anilines is 1. The predicted octanol–water partition coefficient (Wildman–Crippen LogP) is 4.98. The first-order valence-electron chi connectivity index (χ1n) is 9.48. The van der Waals surface area contributed by atoms with E-state index in [1.54, 1.807) is 37.3 Å². The molecule has 4 aromatic rings. The van der Waals surface area contributed by atoms with Crippen LogP contribution in [0.25, 0.3) is 22.3 Å². The Labute approximate surface area is 187 Å². The third-order valence-corrected chi connectivity index (χ3v) is 5.45. The van der Waals surface area contributed by atoms with Gasteiger partial charge in [0.25, 0.3) is 5.91 Å². The van der Waals surface area contributed by atoms with Crippen LogP contribution in [0.5, 0.6) is 0 Å². The molecule has 2 aromatic heterocycles. The molecule has 1 N–H and O–H groups in total. The highest BCUT2D eigenvalue weighted by Gasteiger charge is 2.24. The number of esters is 1. The molecule has 31 heavy (non-hydrogen) atoms. The number of halogens is 1. The number of fused-ring (bicyclic) bond motifs is 1. The number of nitrogens with zero attached hydrogens (tertiary/aromatic N) is 3. The van der Waals surface area contributed by atoms with Gasteiger partial charge in [0.2, 0.25) is 0 Å². The third-order valence-electron chi connectivity index (χ3n) is 4.44. The Morgan fingerprint density at radius 2 is 1.84 bits per heavy atom. The van der Waals surface area contributed by atoms with Crippen LogP contribution in [-0.4, -0.2) is 32.9 Å². The lowest BCUT2D eigenvalue weighted by atomic mass is 10.2. The lowest BCUT2D eigenvalue weighted by Crippen LogP contribution is -2.32. The molecule has 9 heteroatoms. The largest absolute Gasteiger partial charge is 0.447 e. The second-order valence-electron chi connectivity index (χ2n) is 6.58. The molecule has 1 atom stereocenters. The zero-order valence-corrected chi connectivity index (χ0v) is 18.0. The lowest BCUT2D eigenvalue weighted by molar-refractivity contribution is -0.124. The smallest absolute Gasteiger partial charge is 0.359 e. The number of aromatic nitrogens is 3. The van der Waals surface area contributed by atoms with Crippen LogP contribution < -0.4 is 5.32 Å². The van der Waals surface area contributed by atoms with Gasteiger partial charge in [-0.2, -0.15) is 0 Å². The van der Waals surface area contributed by atoms with Crippen LogP contribution >= 0.6 is 22.9 Å². The van der Waals surface area contributed by atoms with Gasteiger partial charge in [0.15, 0.2) is 16.9 Å². The first kappa shape index (κ1) is 20.9. The average molecular weight is 453 g/mol. The normalized spacial score (nSPS) is 11.8. The fourth-order valence-electron chi connectivity index (χ4n) is 2.84. The molecule has 4 rings (SSSR count). The van der Waals surface area contributed by atoms with Gasteiger partial charge in [-0.1, -0.05) is 42.8 Å². The molecule has 2 aromatic carbocycles. The van der Waals surface area contributed by atoms with Crippen molar-refractivity contribution in [1.29, 1.82) is 0 Å². The van der Waals surface area contributed by atoms with Crippen molar-refractivity contribution >= 4 is 51.0 Å². The lowest BCUT2D eigenvalue weighted by Gasteiger charge is -2.14. The van der Waals surface area contributed by atoms with Crippen molar-refractivity contribution in [3.8, 4) is 11.3 Å². The zero-order valence-electron chi connectivity index (χ0n) is 16.4. The van der Waals surface area contributed by atoms with E-state index in [9.17, 15) is 9.59 Å². The maximum absolute atomic E-state index is 12.6. The molecule has 0 spiro atoms. The first-order chi connectivity index (χ1) is 15.0. The van der Waals surface area contributed by atoms with Crippen LogP contribution in [0.1, 0.15) is 23.8 Å². The number of para-hydroxylation sites is 2. The molecule has 0 saturated heterocycles. The molecular formula is C22H17ClN4O3S. The van der Waals surface area contributed by atoms with Crippen molar-refractivity contribution in [2.24, 2.45) is 0 Å². The molecule has 0 radical (unpaired) electrons. The average Bonchev–Trinajstić information content (AvgIpc) is 3.25. The van der Waals surface area contributed by atoms with Gasteiger partial charge in [-0.05, 0) is 30.7 Å². The number of benzene rings is 2. The van der Waals surface area contributed by atoms with Gasteiger partial charge >= 0.3 is 5.97 Å². The molecule has 0 aliphatic heterocycles. The van der Waals surface area contributed by atoms with Crippen LogP contribution in [0.15, 0.2) is 60.1 Å². The minimum Gasteiger partial charge on any atom is -0.447 e. The summed E-state index contributed by atoms with van der Waals surface area (Å²) in [4.78, 5) is 38.0. The number of amides is 1. The molecule has 0 saturated carbocycles. The number of thiazole rings is 1. The quantitative estimate of drug-likeness (QED) is 0.414. The van der Waals surface area contributed by atoms with Gasteiger partial charge in [0.05, 0.1) is 22.9 Å². The van der Waals surface area contributed by atoms with Crippen molar-refractivity contribution in [1.82, 2.24) is 15.0 Å². The Kier molecular flexibility index (Phi) is 6.20. The Morgan fingerprint density at radius 1 is 1.10 bits per heavy atom. The van der Waals surface area contributed by atoms with Gasteiger partial charge in [-0.15, -0.1) is 11.3 Å². The van der Waals surface area contributed by atoms with E-state index >= 15 is 0 Å². The van der Waals surface area contributed by atoms with Gasteiger partial charge in [0.1, 0.15) is 0 Å². The van der Waals surface area contributed by atoms with E-state index in [-0.39, 0.29) is 5.69 Å². The Balaban J connectivity index is 1.43. The highest BCUT2D eigenvalue weighted by molar-refractivity contribution is 7.14. The number of carbonyl (C=O) groups is 2. The Bertz CT molecular complexity index is 1240. The summed E-state index contributed by atoms with van der Waals surface area (Å²) in [6.45, 7) is 1.75. The monoisotopic (exact) mass is 452 g/mol. The summed E-state index contributed by atoms with van der Waals surface area (Å²) < 4.78 is 5.38. The second kappa shape index (κ2) is 9.20. The molecule has 0 bridgehead atoms. The van der Waals surface area contributed by atoms with Crippen molar-refractivity contribution in [2.45, 2.75) is 19.4 Å². The number of hydrogen-bond donors (Lipinski definition) is 1. The Morgan fingerprint density at radius 3 is 2.58 bits per heavy atom. The number of rotatable bonds is 6. The number of hydrogen-bond acceptors (Lipinski definition) is 7. The van der Waals surface area contributed by atoms with Crippen LogP contribution in [-0.2, 0) is 9.53 Å². The SMILES string of the molecule is CCC(OC(=O)c1cnc2ccccc2n1)C(=O)Nc1nc(-c2ccc(Cl)cc2)cs1. The van der Waals surface area contributed by atoms with Crippen LogP contribution in [0, 0.1) is 0 Å². The summed E-state index contributed by atoms with van der Waals surface area (Å²) in [5.74, 6) is -1.16. The van der Waals surface area contributed by atoms with Crippen molar-refractivity contribution in [3.63, 3.8) is 0 Å². The highest BCUT2D eigenvalue weighted by atomic mass is 35.5. The topological polar surface area (TPSA) is 94.1 Å². The summed E-state index contributed by atoms with van der Waals surface area (Å²) >= 11 is 7.20. The Hall–Kier alpha value is -3.36. The maximum atomic E-state index is 12.6. The zero-order chi connectivity index (χ0) is 21.8. The fourth-order valence-corrected chi connectivity index (χ4v) is 3.69. The van der Waals surface area contributed by atoms with E-state index in [1.807, 2.05) is 23.6 Å². The van der Waals surface area contributed by atoms with Crippen LogP contribution in [0.2, 0.25) is 5.02 Å². The van der Waals surface area contributed by atoms with Gasteiger partial charge < -0.3 is 4.74 Å². The van der Waals surface area contributed by atoms with E-state index in [0.717, 1.165) is 5.56 Å². The van der Waals surface area contributed by atoms with Gasteiger partial charge in [-0.3, -0.25) is 15.1 Å². The number of nitrogens with one attached hydrogen (secondary N) is 1. The summed E-state index contributed by atoms with van der Waals surface area (Å²) in [6.07, 6.45) is 0.659. The molecule has 0 fully saturated rings. The molecular weight excluding hydrogens is 436 g/mol. The molecule has 0 aliphatic rings. The van der Waals surface area contributed by atoms with E-state index in [1.165, 1.54) is 17.5 Å². The number of ether oxygens (including phenoxy) is 1. The maximum Gasteiger partial charge on any atom is 0.359 e. The molecule has 2 heterocycles. The van der Waals surface area contributed by atoms with E-state index < -0.39 is 18.0 Å². The van der Waals surface area contributed by atoms with Crippen molar-refractivity contribution in [2.75, 3.05) is 5.32 Å². The minimum atomic E-state index is -0.983. The van der Waals surface area contributed by atoms with Crippen LogP contribution in [0.4, 0.5) is 5.13 Å². The van der Waals surface area contributed by atoms with Crippen LogP contribution in [0.3, 0.4) is 0 Å². The third kappa shape index (κ3) is 4.87. The van der Waals surface area contributed by atoms with Crippen molar-refractivity contribution < 1.29 is 14.3 Å². The molecule has 0 aliphatic carbocycles. The molecule has 156 valence electrons. The standard InChI is InChI=1S/C22H17ClN4O3S/c1-2-19(30-21(29)17-11-24-15-5-3-4-6-16(15)25-17)20(28)27-22-26-18(12-31-22)13-7-9-14(23)10-8-13/h3-12,19H,2H2,1H3,(H,26,27,28). The van der Waals surface area contributed by atoms with Gasteiger partial charge in [-0.25, -0.2) is 14.8 Å². The predicted molar refractivity (Wildman–Crippen MR) is 120 cm³/mol. The summed E-state index contributed by atoms with van der Waals surface area (Å²) in [7, 11) is 0. The minimum absolute atomic E-state index is 0.0456. The number of carbonyl (C=O) groups excluding carboxylic acids is 2. The second-order valence-corrected chi connectivity index (χ2v) is 7.87. The molecule has 1 amide bonds. The highest BCUT2D eigenvalue weighted by Crippen LogP contribution is 2.26. The summed E-state index contributed by atoms with van der Waals surface area (Å²) in [6, 6.07) is 14.4. The van der Waals surface area contributed by atoms with Crippen molar-refractivity contribution in [3.05, 3.63) is 70.8 Å². The summed E-state index contributed by atoms with van der Waals surface area (Å²) in [5.41, 5.74) is 2.89. The molecule has 7 nitrogen and oxygen atoms in total. The van der Waals surface area contributed by atoms with Gasteiger partial charge in [0, 0.05) is 16.0 Å². The van der Waals surface area contributed by atoms with E-state index in [4.69, 9.17) is 16.3 Å². The first-order valence-corrected chi connectivity index (χ1v) is 10.7. The van der Waals surface area contributed by atoms with E-state index in [0.29, 0.717) is 33.3 Å². The summed E-state index contributed by atoms with van der Waals surface area (Å²) in [5, 5.41) is 5.59. The van der Waals surface area contributed by atoms with E-state index in [2.05, 4.69) is 20.3 Å². The fraction of sp³-hybridized carbons (Fsp3) is 0.136.